The molecule has 2 nitrogen and oxygen atoms in total. The summed E-state index contributed by atoms with van der Waals surface area (Å²) in [5.74, 6) is -1.13. The van der Waals surface area contributed by atoms with Crippen LogP contribution in [0, 0.1) is 11.6 Å². The van der Waals surface area contributed by atoms with Crippen LogP contribution >= 0.6 is 15.9 Å². The molecule has 0 amide bonds. The number of methoxy groups -OCH3 is 1. The van der Waals surface area contributed by atoms with Crippen molar-refractivity contribution in [1.29, 1.82) is 0 Å². The first-order valence-corrected chi connectivity index (χ1v) is 6.83. The van der Waals surface area contributed by atoms with Gasteiger partial charge in [0.05, 0.1) is 16.3 Å². The molecule has 0 atom stereocenters. The van der Waals surface area contributed by atoms with Crippen LogP contribution in [0.1, 0.15) is 25.7 Å². The second kappa shape index (κ2) is 5.97. The first-order valence-electron chi connectivity index (χ1n) is 6.04. The molecule has 18 heavy (non-hydrogen) atoms. The molecule has 0 aliphatic heterocycles. The van der Waals surface area contributed by atoms with Gasteiger partial charge in [0.1, 0.15) is 11.6 Å². The van der Waals surface area contributed by atoms with Crippen molar-refractivity contribution in [3.63, 3.8) is 0 Å². The Morgan fingerprint density at radius 2 is 1.83 bits per heavy atom. The molecule has 2 rings (SSSR count). The van der Waals surface area contributed by atoms with Crippen LogP contribution in [-0.2, 0) is 4.74 Å². The third-order valence-electron chi connectivity index (χ3n) is 3.38. The maximum absolute atomic E-state index is 13.6. The highest BCUT2D eigenvalue weighted by Gasteiger charge is 2.21. The molecular weight excluding hydrogens is 304 g/mol. The van der Waals surface area contributed by atoms with Gasteiger partial charge in [0.25, 0.3) is 0 Å². The van der Waals surface area contributed by atoms with Gasteiger partial charge in [-0.15, -0.1) is 0 Å². The number of nitrogens with one attached hydrogen (secondary N) is 1. The van der Waals surface area contributed by atoms with E-state index in [4.69, 9.17) is 4.74 Å². The largest absolute Gasteiger partial charge is 0.381 e. The Kier molecular flexibility index (Phi) is 4.56. The van der Waals surface area contributed by atoms with Crippen LogP contribution in [-0.4, -0.2) is 19.3 Å². The van der Waals surface area contributed by atoms with Gasteiger partial charge in [0, 0.05) is 19.2 Å². The fraction of sp³-hybridized carbons (Fsp3) is 0.538. The Morgan fingerprint density at radius 1 is 1.17 bits per heavy atom. The molecule has 0 heterocycles. The van der Waals surface area contributed by atoms with E-state index in [2.05, 4.69) is 21.2 Å². The molecule has 1 aliphatic rings. The predicted octanol–water partition coefficient (Wildman–Crippen LogP) is 4.10. The second-order valence-corrected chi connectivity index (χ2v) is 5.45. The molecule has 1 saturated carbocycles. The Hall–Kier alpha value is -0.680. The zero-order chi connectivity index (χ0) is 13.1. The molecule has 0 radical (unpaired) electrons. The van der Waals surface area contributed by atoms with Crippen molar-refractivity contribution in [2.75, 3.05) is 12.4 Å². The summed E-state index contributed by atoms with van der Waals surface area (Å²) in [5, 5.41) is 3.13. The van der Waals surface area contributed by atoms with Crippen LogP contribution in [0.15, 0.2) is 16.6 Å². The second-order valence-electron chi connectivity index (χ2n) is 4.60. The van der Waals surface area contributed by atoms with Crippen molar-refractivity contribution >= 4 is 21.6 Å². The van der Waals surface area contributed by atoms with Gasteiger partial charge >= 0.3 is 0 Å². The number of hydrogen-bond acceptors (Lipinski definition) is 2. The zero-order valence-corrected chi connectivity index (χ0v) is 11.8. The predicted molar refractivity (Wildman–Crippen MR) is 70.7 cm³/mol. The van der Waals surface area contributed by atoms with Crippen LogP contribution < -0.4 is 5.32 Å². The first kappa shape index (κ1) is 13.7. The van der Waals surface area contributed by atoms with Crippen LogP contribution in [0.2, 0.25) is 0 Å². The molecule has 0 saturated heterocycles. The SMILES string of the molecule is COC1CCC(Nc2cc(Br)c(F)cc2F)CC1. The number of rotatable bonds is 3. The third kappa shape index (κ3) is 3.20. The van der Waals surface area contributed by atoms with Gasteiger partial charge in [-0.3, -0.25) is 0 Å². The summed E-state index contributed by atoms with van der Waals surface area (Å²) in [6.45, 7) is 0. The first-order chi connectivity index (χ1) is 8.60. The van der Waals surface area contributed by atoms with E-state index in [1.807, 2.05) is 0 Å². The van der Waals surface area contributed by atoms with E-state index in [-0.39, 0.29) is 10.5 Å². The average molecular weight is 320 g/mol. The van der Waals surface area contributed by atoms with Gasteiger partial charge in [-0.2, -0.15) is 0 Å². The van der Waals surface area contributed by atoms with Crippen LogP contribution in [0.25, 0.3) is 0 Å². The van der Waals surface area contributed by atoms with Crippen molar-refractivity contribution in [3.05, 3.63) is 28.2 Å². The maximum Gasteiger partial charge on any atom is 0.149 e. The van der Waals surface area contributed by atoms with E-state index in [1.54, 1.807) is 7.11 Å². The zero-order valence-electron chi connectivity index (χ0n) is 10.2. The Labute approximate surface area is 114 Å². The normalized spacial score (nSPS) is 24.0. The molecule has 0 spiro atoms. The number of halogens is 3. The van der Waals surface area contributed by atoms with Gasteiger partial charge in [-0.05, 0) is 47.7 Å². The number of ether oxygens (including phenoxy) is 1. The van der Waals surface area contributed by atoms with Crippen LogP contribution in [0.4, 0.5) is 14.5 Å². The van der Waals surface area contributed by atoms with Gasteiger partial charge in [0.15, 0.2) is 0 Å². The summed E-state index contributed by atoms with van der Waals surface area (Å²) in [6, 6.07) is 2.57. The fourth-order valence-corrected chi connectivity index (χ4v) is 2.64. The molecule has 5 heteroatoms. The highest BCUT2D eigenvalue weighted by Crippen LogP contribution is 2.28. The van der Waals surface area contributed by atoms with Crippen LogP contribution in [0.5, 0.6) is 0 Å². The smallest absolute Gasteiger partial charge is 0.149 e. The summed E-state index contributed by atoms with van der Waals surface area (Å²) < 4.78 is 32.2. The highest BCUT2D eigenvalue weighted by atomic mass is 79.9. The van der Waals surface area contributed by atoms with Gasteiger partial charge in [-0.1, -0.05) is 0 Å². The van der Waals surface area contributed by atoms with E-state index in [0.29, 0.717) is 11.8 Å². The van der Waals surface area contributed by atoms with Gasteiger partial charge in [-0.25, -0.2) is 8.78 Å². The van der Waals surface area contributed by atoms with E-state index in [9.17, 15) is 8.78 Å². The van der Waals surface area contributed by atoms with Crippen molar-refractivity contribution in [2.45, 2.75) is 37.8 Å². The Balaban J connectivity index is 2.00. The van der Waals surface area contributed by atoms with Crippen LogP contribution in [0.3, 0.4) is 0 Å². The summed E-state index contributed by atoms with van der Waals surface area (Å²) in [7, 11) is 1.72. The number of benzene rings is 1. The molecule has 0 aromatic heterocycles. The molecule has 100 valence electrons. The standard InChI is InChI=1S/C13H16BrF2NO/c1-18-9-4-2-8(3-5-9)17-13-6-10(14)11(15)7-12(13)16/h6-9,17H,2-5H2,1H3. The van der Waals surface area contributed by atoms with E-state index in [1.165, 1.54) is 6.07 Å². The Bertz CT molecular complexity index is 420. The molecule has 1 fully saturated rings. The van der Waals surface area contributed by atoms with Crippen molar-refractivity contribution in [1.82, 2.24) is 0 Å². The molecule has 0 unspecified atom stereocenters. The van der Waals surface area contributed by atoms with Crippen molar-refractivity contribution < 1.29 is 13.5 Å². The lowest BCUT2D eigenvalue weighted by molar-refractivity contribution is 0.0681. The molecule has 1 aliphatic carbocycles. The molecule has 0 bridgehead atoms. The summed E-state index contributed by atoms with van der Waals surface area (Å²) in [6.07, 6.45) is 4.13. The summed E-state index contributed by atoms with van der Waals surface area (Å²) in [5.41, 5.74) is 0.351. The maximum atomic E-state index is 13.6. The topological polar surface area (TPSA) is 21.3 Å². The van der Waals surface area contributed by atoms with Crippen molar-refractivity contribution in [2.24, 2.45) is 0 Å². The molecular formula is C13H16BrF2NO. The summed E-state index contributed by atoms with van der Waals surface area (Å²) >= 11 is 3.06. The fourth-order valence-electron chi connectivity index (χ4n) is 2.30. The van der Waals surface area contributed by atoms with E-state index >= 15 is 0 Å². The molecule has 1 N–H and O–H groups in total. The van der Waals surface area contributed by atoms with Crippen molar-refractivity contribution in [3.8, 4) is 0 Å². The van der Waals surface area contributed by atoms with E-state index in [0.717, 1.165) is 31.7 Å². The quantitative estimate of drug-likeness (QED) is 0.847. The monoisotopic (exact) mass is 319 g/mol. The minimum atomic E-state index is -0.582. The summed E-state index contributed by atoms with van der Waals surface area (Å²) in [4.78, 5) is 0. The van der Waals surface area contributed by atoms with Gasteiger partial charge in [0.2, 0.25) is 0 Å². The average Bonchev–Trinajstić information content (AvgIpc) is 2.37. The Morgan fingerprint density at radius 3 is 2.44 bits per heavy atom. The van der Waals surface area contributed by atoms with Gasteiger partial charge < -0.3 is 10.1 Å². The number of hydrogen-bond donors (Lipinski definition) is 1. The minimum Gasteiger partial charge on any atom is -0.381 e. The number of anilines is 1. The molecule has 1 aromatic rings. The lowest BCUT2D eigenvalue weighted by Crippen LogP contribution is -2.29. The lowest BCUT2D eigenvalue weighted by atomic mass is 9.93. The minimum absolute atomic E-state index is 0.225. The molecule has 1 aromatic carbocycles. The van der Waals surface area contributed by atoms with E-state index < -0.39 is 11.6 Å². The highest BCUT2D eigenvalue weighted by molar-refractivity contribution is 9.10. The lowest BCUT2D eigenvalue weighted by Gasteiger charge is -2.29. The third-order valence-corrected chi connectivity index (χ3v) is 3.98.